The highest BCUT2D eigenvalue weighted by Gasteiger charge is 2.11. The van der Waals surface area contributed by atoms with Crippen LogP contribution in [0.15, 0.2) is 41.0 Å². The van der Waals surface area contributed by atoms with Gasteiger partial charge >= 0.3 is 0 Å². The van der Waals surface area contributed by atoms with E-state index in [0.717, 1.165) is 11.3 Å². The normalized spacial score (nSPS) is 10.2. The molecule has 0 aliphatic rings. The van der Waals surface area contributed by atoms with E-state index in [1.165, 1.54) is 0 Å². The summed E-state index contributed by atoms with van der Waals surface area (Å²) in [4.78, 5) is 11.8. The maximum Gasteiger partial charge on any atom is 0.220 e. The smallest absolute Gasteiger partial charge is 0.220 e. The number of hydrogen-bond donors (Lipinski definition) is 1. The Morgan fingerprint density at radius 3 is 2.71 bits per heavy atom. The minimum Gasteiger partial charge on any atom is -0.493 e. The van der Waals surface area contributed by atoms with Crippen LogP contribution in [0.4, 0.5) is 0 Å². The molecule has 112 valence electrons. The van der Waals surface area contributed by atoms with Gasteiger partial charge in [0.15, 0.2) is 11.5 Å². The molecular formula is C16H19NO4. The van der Waals surface area contributed by atoms with Crippen LogP contribution in [0.3, 0.4) is 0 Å². The fraction of sp³-hybridized carbons (Fsp3) is 0.312. The lowest BCUT2D eigenvalue weighted by Gasteiger charge is -2.12. The lowest BCUT2D eigenvalue weighted by molar-refractivity contribution is -0.121. The van der Waals surface area contributed by atoms with Crippen LogP contribution in [0.2, 0.25) is 0 Å². The number of benzene rings is 1. The van der Waals surface area contributed by atoms with E-state index in [2.05, 4.69) is 5.32 Å². The van der Waals surface area contributed by atoms with Gasteiger partial charge in [-0.25, -0.2) is 0 Å². The molecule has 5 nitrogen and oxygen atoms in total. The van der Waals surface area contributed by atoms with E-state index in [9.17, 15) is 4.79 Å². The summed E-state index contributed by atoms with van der Waals surface area (Å²) in [7, 11) is 3.19. The molecule has 0 radical (unpaired) electrons. The number of aryl methyl sites for hydroxylation is 1. The largest absolute Gasteiger partial charge is 0.493 e. The number of rotatable bonds is 7. The number of para-hydroxylation sites is 1. The molecule has 0 fully saturated rings. The fourth-order valence-corrected chi connectivity index (χ4v) is 2.09. The standard InChI is InChI=1S/C16H19NO4/c1-19-14-7-3-5-12(16(14)20-2)8-9-15(18)17-11-13-6-4-10-21-13/h3-7,10H,8-9,11H2,1-2H3,(H,17,18). The summed E-state index contributed by atoms with van der Waals surface area (Å²) in [5.74, 6) is 2.06. The van der Waals surface area contributed by atoms with Crippen molar-refractivity contribution in [3.63, 3.8) is 0 Å². The van der Waals surface area contributed by atoms with Crippen LogP contribution in [-0.2, 0) is 17.8 Å². The third-order valence-corrected chi connectivity index (χ3v) is 3.15. The van der Waals surface area contributed by atoms with Crippen LogP contribution in [0, 0.1) is 0 Å². The van der Waals surface area contributed by atoms with Gasteiger partial charge in [0.25, 0.3) is 0 Å². The number of hydrogen-bond acceptors (Lipinski definition) is 4. The number of ether oxygens (including phenoxy) is 2. The van der Waals surface area contributed by atoms with Crippen LogP contribution >= 0.6 is 0 Å². The first-order valence-corrected chi connectivity index (χ1v) is 6.73. The molecule has 21 heavy (non-hydrogen) atoms. The molecule has 1 aromatic heterocycles. The van der Waals surface area contributed by atoms with Crippen LogP contribution in [0.1, 0.15) is 17.7 Å². The van der Waals surface area contributed by atoms with E-state index in [1.54, 1.807) is 26.5 Å². The number of amides is 1. The average Bonchev–Trinajstić information content (AvgIpc) is 3.03. The Morgan fingerprint density at radius 2 is 2.05 bits per heavy atom. The van der Waals surface area contributed by atoms with Gasteiger partial charge in [0.2, 0.25) is 5.91 Å². The van der Waals surface area contributed by atoms with Gasteiger partial charge in [-0.3, -0.25) is 4.79 Å². The molecule has 1 heterocycles. The van der Waals surface area contributed by atoms with E-state index in [1.807, 2.05) is 24.3 Å². The molecular weight excluding hydrogens is 270 g/mol. The molecule has 1 aromatic carbocycles. The van der Waals surface area contributed by atoms with E-state index in [0.29, 0.717) is 30.9 Å². The fourth-order valence-electron chi connectivity index (χ4n) is 2.09. The van der Waals surface area contributed by atoms with Gasteiger partial charge in [-0.1, -0.05) is 12.1 Å². The summed E-state index contributed by atoms with van der Waals surface area (Å²) in [6.45, 7) is 0.404. The van der Waals surface area contributed by atoms with Gasteiger partial charge in [-0.15, -0.1) is 0 Å². The van der Waals surface area contributed by atoms with Crippen LogP contribution < -0.4 is 14.8 Å². The van der Waals surface area contributed by atoms with Crippen molar-refractivity contribution in [2.75, 3.05) is 14.2 Å². The predicted octanol–water partition coefficient (Wildman–Crippen LogP) is 2.55. The highest BCUT2D eigenvalue weighted by molar-refractivity contribution is 5.76. The van der Waals surface area contributed by atoms with Crippen molar-refractivity contribution < 1.29 is 18.7 Å². The summed E-state index contributed by atoms with van der Waals surface area (Å²) in [5.41, 5.74) is 0.949. The molecule has 0 atom stereocenters. The number of carbonyl (C=O) groups excluding carboxylic acids is 1. The summed E-state index contributed by atoms with van der Waals surface area (Å²) >= 11 is 0. The summed E-state index contributed by atoms with van der Waals surface area (Å²) < 4.78 is 15.8. The lowest BCUT2D eigenvalue weighted by Crippen LogP contribution is -2.22. The van der Waals surface area contributed by atoms with E-state index < -0.39 is 0 Å². The Bertz CT molecular complexity index is 578. The van der Waals surface area contributed by atoms with Crippen molar-refractivity contribution in [3.8, 4) is 11.5 Å². The number of nitrogens with one attached hydrogen (secondary N) is 1. The second-order valence-corrected chi connectivity index (χ2v) is 4.51. The topological polar surface area (TPSA) is 60.7 Å². The second kappa shape index (κ2) is 7.38. The first-order chi connectivity index (χ1) is 10.2. The van der Waals surface area contributed by atoms with Crippen molar-refractivity contribution in [3.05, 3.63) is 47.9 Å². The Labute approximate surface area is 123 Å². The van der Waals surface area contributed by atoms with Gasteiger partial charge in [0.1, 0.15) is 5.76 Å². The van der Waals surface area contributed by atoms with Crippen LogP contribution in [0.25, 0.3) is 0 Å². The van der Waals surface area contributed by atoms with E-state index >= 15 is 0 Å². The monoisotopic (exact) mass is 289 g/mol. The lowest BCUT2D eigenvalue weighted by atomic mass is 10.1. The molecule has 0 saturated carbocycles. The quantitative estimate of drug-likeness (QED) is 0.851. The molecule has 5 heteroatoms. The maximum absolute atomic E-state index is 11.8. The first-order valence-electron chi connectivity index (χ1n) is 6.73. The van der Waals surface area contributed by atoms with Gasteiger partial charge in [-0.2, -0.15) is 0 Å². The molecule has 2 rings (SSSR count). The minimum atomic E-state index is -0.0312. The SMILES string of the molecule is COc1cccc(CCC(=O)NCc2ccco2)c1OC. The van der Waals surface area contributed by atoms with Crippen LogP contribution in [-0.4, -0.2) is 20.1 Å². The summed E-state index contributed by atoms with van der Waals surface area (Å²) in [6.07, 6.45) is 2.55. The zero-order valence-corrected chi connectivity index (χ0v) is 12.2. The predicted molar refractivity (Wildman–Crippen MR) is 78.4 cm³/mol. The Morgan fingerprint density at radius 1 is 1.19 bits per heavy atom. The summed E-state index contributed by atoms with van der Waals surface area (Å²) in [6, 6.07) is 9.27. The van der Waals surface area contributed by atoms with Crippen molar-refractivity contribution in [2.45, 2.75) is 19.4 Å². The Hall–Kier alpha value is -2.43. The zero-order chi connectivity index (χ0) is 15.1. The highest BCUT2D eigenvalue weighted by Crippen LogP contribution is 2.31. The molecule has 1 amide bonds. The van der Waals surface area contributed by atoms with Crippen molar-refractivity contribution in [2.24, 2.45) is 0 Å². The third kappa shape index (κ3) is 4.02. The maximum atomic E-state index is 11.8. The average molecular weight is 289 g/mol. The van der Waals surface area contributed by atoms with Crippen molar-refractivity contribution in [1.82, 2.24) is 5.32 Å². The number of carbonyl (C=O) groups is 1. The molecule has 0 bridgehead atoms. The first kappa shape index (κ1) is 15.0. The second-order valence-electron chi connectivity index (χ2n) is 4.51. The molecule has 0 unspecified atom stereocenters. The van der Waals surface area contributed by atoms with Gasteiger partial charge < -0.3 is 19.2 Å². The third-order valence-electron chi connectivity index (χ3n) is 3.15. The molecule has 0 aliphatic heterocycles. The molecule has 2 aromatic rings. The van der Waals surface area contributed by atoms with Crippen molar-refractivity contribution in [1.29, 1.82) is 0 Å². The van der Waals surface area contributed by atoms with E-state index in [4.69, 9.17) is 13.9 Å². The minimum absolute atomic E-state index is 0.0312. The number of furan rings is 1. The molecule has 0 spiro atoms. The Kier molecular flexibility index (Phi) is 5.26. The zero-order valence-electron chi connectivity index (χ0n) is 12.2. The molecule has 0 saturated heterocycles. The van der Waals surface area contributed by atoms with Gasteiger partial charge in [0.05, 0.1) is 27.0 Å². The van der Waals surface area contributed by atoms with Crippen molar-refractivity contribution >= 4 is 5.91 Å². The van der Waals surface area contributed by atoms with Crippen LogP contribution in [0.5, 0.6) is 11.5 Å². The molecule has 0 aliphatic carbocycles. The highest BCUT2D eigenvalue weighted by atomic mass is 16.5. The van der Waals surface area contributed by atoms with Gasteiger partial charge in [0, 0.05) is 6.42 Å². The van der Waals surface area contributed by atoms with Gasteiger partial charge in [-0.05, 0) is 30.2 Å². The number of methoxy groups -OCH3 is 2. The Balaban J connectivity index is 1.89. The molecule has 1 N–H and O–H groups in total. The van der Waals surface area contributed by atoms with E-state index in [-0.39, 0.29) is 5.91 Å². The summed E-state index contributed by atoms with van der Waals surface area (Å²) in [5, 5.41) is 2.82.